The van der Waals surface area contributed by atoms with Crippen molar-refractivity contribution in [2.45, 2.75) is 164 Å². The maximum atomic E-state index is 12.1. The number of aliphatic hydroxyl groups excluding tert-OH is 9. The van der Waals surface area contributed by atoms with Gasteiger partial charge in [0.25, 0.3) is 0 Å². The number of hydrogen-bond acceptors (Lipinski definition) is 15. The molecule has 308 valence electrons. The van der Waals surface area contributed by atoms with E-state index in [4.69, 9.17) is 28.4 Å². The Labute approximate surface area is 315 Å². The van der Waals surface area contributed by atoms with E-state index in [0.29, 0.717) is 25.9 Å². The van der Waals surface area contributed by atoms with Crippen LogP contribution in [0, 0.1) is 57.7 Å². The zero-order valence-electron chi connectivity index (χ0n) is 31.7. The van der Waals surface area contributed by atoms with Crippen molar-refractivity contribution in [2.24, 2.45) is 57.7 Å². The van der Waals surface area contributed by atoms with Crippen molar-refractivity contribution in [3.05, 3.63) is 0 Å². The number of aliphatic hydroxyl groups is 9. The van der Waals surface area contributed by atoms with Crippen LogP contribution in [0.2, 0.25) is 0 Å². The van der Waals surface area contributed by atoms with Crippen LogP contribution in [0.3, 0.4) is 0 Å². The molecule has 4 heterocycles. The molecule has 0 aromatic rings. The molecule has 15 nitrogen and oxygen atoms in total. The van der Waals surface area contributed by atoms with E-state index < -0.39 is 98.0 Å². The molecule has 25 unspecified atom stereocenters. The van der Waals surface area contributed by atoms with E-state index in [9.17, 15) is 46.0 Å². The van der Waals surface area contributed by atoms with E-state index in [1.807, 2.05) is 6.92 Å². The van der Waals surface area contributed by atoms with E-state index >= 15 is 0 Å². The van der Waals surface area contributed by atoms with Crippen LogP contribution in [0.4, 0.5) is 0 Å². The van der Waals surface area contributed by atoms with Crippen LogP contribution in [-0.2, 0) is 28.4 Å². The minimum Gasteiger partial charge on any atom is -0.394 e. The lowest BCUT2D eigenvalue weighted by Gasteiger charge is -2.62. The molecule has 0 aromatic heterocycles. The highest BCUT2D eigenvalue weighted by Gasteiger charge is 2.81. The van der Waals surface area contributed by atoms with Crippen LogP contribution in [0.1, 0.15) is 72.6 Å². The third kappa shape index (κ3) is 5.14. The Bertz CT molecular complexity index is 1420. The lowest BCUT2D eigenvalue weighted by Crippen LogP contribution is -2.63. The quantitative estimate of drug-likeness (QED) is 0.157. The Hall–Kier alpha value is -0.600. The average Bonchev–Trinajstić information content (AvgIpc) is 3.61. The SMILES string of the molecule is CC1COC2(CC1OC1OC(CO)C(O)C(O)C1O)OC1CC3C4CC(O)C56CC5CC(OC5OC(CO)C(O)C(O)C5O)C6(C)C4CCC3(C)C1C2C. The van der Waals surface area contributed by atoms with Crippen molar-refractivity contribution < 1.29 is 74.4 Å². The normalized spacial score (nSPS) is 63.2. The van der Waals surface area contributed by atoms with Gasteiger partial charge in [-0.1, -0.05) is 27.7 Å². The van der Waals surface area contributed by atoms with Gasteiger partial charge in [-0.25, -0.2) is 0 Å². The maximum Gasteiger partial charge on any atom is 0.186 e. The Kier molecular flexibility index (Phi) is 9.51. The fourth-order valence-corrected chi connectivity index (χ4v) is 14.4. The van der Waals surface area contributed by atoms with Crippen molar-refractivity contribution in [2.75, 3.05) is 19.8 Å². The molecular formula is C39H62O15. The molecule has 0 radical (unpaired) electrons. The molecule has 9 fully saturated rings. The van der Waals surface area contributed by atoms with Gasteiger partial charge in [0.15, 0.2) is 18.4 Å². The van der Waals surface area contributed by atoms with Crippen LogP contribution in [0.15, 0.2) is 0 Å². The van der Waals surface area contributed by atoms with Crippen LogP contribution >= 0.6 is 0 Å². The van der Waals surface area contributed by atoms with E-state index in [1.165, 1.54) is 0 Å². The van der Waals surface area contributed by atoms with Crippen molar-refractivity contribution in [1.82, 2.24) is 0 Å². The first kappa shape index (κ1) is 38.9. The van der Waals surface area contributed by atoms with Gasteiger partial charge in [0.1, 0.15) is 48.8 Å². The lowest BCUT2D eigenvalue weighted by molar-refractivity contribution is -0.344. The molecule has 5 saturated carbocycles. The summed E-state index contributed by atoms with van der Waals surface area (Å²) in [7, 11) is 0. The Balaban J connectivity index is 0.933. The largest absolute Gasteiger partial charge is 0.394 e. The van der Waals surface area contributed by atoms with Crippen molar-refractivity contribution in [3.8, 4) is 0 Å². The van der Waals surface area contributed by atoms with Gasteiger partial charge in [-0.3, -0.25) is 0 Å². The second kappa shape index (κ2) is 13.2. The number of hydrogen-bond donors (Lipinski definition) is 9. The minimum absolute atomic E-state index is 0.000505. The van der Waals surface area contributed by atoms with Crippen molar-refractivity contribution >= 4 is 0 Å². The topological polar surface area (TPSA) is 237 Å². The standard InChI is InChI=1S/C39H62O15/c1-15-14-49-39(11-22(15)50-34-32(47)30(45)28(43)23(12-40)51-34)16(2)27-21(54-39)9-20-18-8-25(42)38-10-17(38)7-26(37(38,4)19(18)5-6-36(20,27)3)53-35-33(48)31(46)29(44)24(13-41)52-35/h15-35,40-48H,5-14H2,1-4H3. The first-order chi connectivity index (χ1) is 25.6. The predicted octanol–water partition coefficient (Wildman–Crippen LogP) is -1.01. The monoisotopic (exact) mass is 770 g/mol. The third-order valence-corrected chi connectivity index (χ3v) is 17.3. The molecular weight excluding hydrogens is 708 g/mol. The second-order valence-corrected chi connectivity index (χ2v) is 19.3. The predicted molar refractivity (Wildman–Crippen MR) is 184 cm³/mol. The molecule has 4 aliphatic heterocycles. The van der Waals surface area contributed by atoms with Gasteiger partial charge in [-0.15, -0.1) is 0 Å². The van der Waals surface area contributed by atoms with Crippen LogP contribution in [0.5, 0.6) is 0 Å². The number of fused-ring (bicyclic) bond motifs is 6. The molecule has 0 amide bonds. The lowest BCUT2D eigenvalue weighted by atomic mass is 9.44. The van der Waals surface area contributed by atoms with Crippen molar-refractivity contribution in [1.29, 1.82) is 0 Å². The van der Waals surface area contributed by atoms with Gasteiger partial charge >= 0.3 is 0 Å². The Morgan fingerprint density at radius 3 is 1.98 bits per heavy atom. The van der Waals surface area contributed by atoms with Crippen LogP contribution in [-0.4, -0.2) is 157 Å². The number of ether oxygens (including phenoxy) is 6. The molecule has 0 bridgehead atoms. The molecule has 2 spiro atoms. The highest BCUT2D eigenvalue weighted by molar-refractivity contribution is 5.29. The molecule has 9 rings (SSSR count). The molecule has 0 aromatic carbocycles. The molecule has 9 N–H and O–H groups in total. The van der Waals surface area contributed by atoms with Crippen LogP contribution < -0.4 is 0 Å². The summed E-state index contributed by atoms with van der Waals surface area (Å²) in [6.07, 6.45) is -9.44. The molecule has 15 heteroatoms. The average molecular weight is 771 g/mol. The second-order valence-electron chi connectivity index (χ2n) is 19.3. The molecule has 5 aliphatic carbocycles. The van der Waals surface area contributed by atoms with Gasteiger partial charge in [-0.2, -0.15) is 0 Å². The first-order valence-electron chi connectivity index (χ1n) is 20.5. The summed E-state index contributed by atoms with van der Waals surface area (Å²) in [6, 6.07) is 0. The van der Waals surface area contributed by atoms with Crippen molar-refractivity contribution in [3.63, 3.8) is 0 Å². The molecule has 54 heavy (non-hydrogen) atoms. The summed E-state index contributed by atoms with van der Waals surface area (Å²) in [5.74, 6) is 0.203. The fraction of sp³-hybridized carbons (Fsp3) is 1.00. The van der Waals surface area contributed by atoms with Gasteiger partial charge in [-0.05, 0) is 73.5 Å². The van der Waals surface area contributed by atoms with Gasteiger partial charge in [0.05, 0.1) is 44.2 Å². The molecule has 4 saturated heterocycles. The van der Waals surface area contributed by atoms with E-state index in [-0.39, 0.29) is 64.5 Å². The summed E-state index contributed by atoms with van der Waals surface area (Å²) < 4.78 is 38.1. The van der Waals surface area contributed by atoms with E-state index in [2.05, 4.69) is 20.8 Å². The molecule has 25 atom stereocenters. The maximum absolute atomic E-state index is 12.1. The summed E-state index contributed by atoms with van der Waals surface area (Å²) in [5, 5.41) is 94.8. The fourth-order valence-electron chi connectivity index (χ4n) is 14.4. The summed E-state index contributed by atoms with van der Waals surface area (Å²) in [5.41, 5.74) is -0.792. The minimum atomic E-state index is -1.53. The zero-order valence-corrected chi connectivity index (χ0v) is 31.7. The molecule has 9 aliphatic rings. The van der Waals surface area contributed by atoms with Gasteiger partial charge < -0.3 is 74.4 Å². The Morgan fingerprint density at radius 1 is 0.722 bits per heavy atom. The van der Waals surface area contributed by atoms with E-state index in [1.54, 1.807) is 0 Å². The number of rotatable bonds is 6. The first-order valence-corrected chi connectivity index (χ1v) is 20.5. The summed E-state index contributed by atoms with van der Waals surface area (Å²) in [6.45, 7) is 8.14. The smallest absolute Gasteiger partial charge is 0.186 e. The zero-order chi connectivity index (χ0) is 38.4. The highest BCUT2D eigenvalue weighted by Crippen LogP contribution is 2.82. The third-order valence-electron chi connectivity index (χ3n) is 17.3. The van der Waals surface area contributed by atoms with Crippen LogP contribution in [0.25, 0.3) is 0 Å². The van der Waals surface area contributed by atoms with E-state index in [0.717, 1.165) is 25.7 Å². The highest BCUT2D eigenvalue weighted by atomic mass is 16.7. The van der Waals surface area contributed by atoms with Gasteiger partial charge in [0.2, 0.25) is 0 Å². The summed E-state index contributed by atoms with van der Waals surface area (Å²) >= 11 is 0. The van der Waals surface area contributed by atoms with Gasteiger partial charge in [0, 0.05) is 29.1 Å². The summed E-state index contributed by atoms with van der Waals surface area (Å²) in [4.78, 5) is 0. The Morgan fingerprint density at radius 2 is 1.35 bits per heavy atom.